The minimum absolute atomic E-state index is 0.0724. The molecule has 3 rings (SSSR count). The Morgan fingerprint density at radius 1 is 1.22 bits per heavy atom. The van der Waals surface area contributed by atoms with Gasteiger partial charge in [-0.2, -0.15) is 0 Å². The van der Waals surface area contributed by atoms with Crippen molar-refractivity contribution in [3.63, 3.8) is 0 Å². The zero-order valence-corrected chi connectivity index (χ0v) is 17.0. The number of hydrogen-bond acceptors (Lipinski definition) is 4. The summed E-state index contributed by atoms with van der Waals surface area (Å²) in [7, 11) is 1.61. The Morgan fingerprint density at radius 2 is 1.96 bits per heavy atom. The first kappa shape index (κ1) is 20.2. The van der Waals surface area contributed by atoms with E-state index in [-0.39, 0.29) is 5.91 Å². The van der Waals surface area contributed by atoms with Crippen molar-refractivity contribution in [2.24, 2.45) is 5.92 Å². The van der Waals surface area contributed by atoms with Crippen LogP contribution in [0.25, 0.3) is 0 Å². The maximum atomic E-state index is 12.5. The molecule has 2 aliphatic rings. The van der Waals surface area contributed by atoms with Crippen LogP contribution in [0.3, 0.4) is 0 Å². The SMILES string of the molecule is CO[C@](C)(C(=O)Nc1ccc(OCCCN2CCCC[C@@H]2C)cc1)C1CC1. The molecule has 0 aromatic heterocycles. The summed E-state index contributed by atoms with van der Waals surface area (Å²) in [5, 5.41) is 2.97. The van der Waals surface area contributed by atoms with Crippen LogP contribution in [-0.2, 0) is 9.53 Å². The fourth-order valence-electron chi connectivity index (χ4n) is 3.92. The predicted octanol–water partition coefficient (Wildman–Crippen LogP) is 4.08. The normalized spacial score (nSPS) is 22.9. The predicted molar refractivity (Wildman–Crippen MR) is 108 cm³/mol. The highest BCUT2D eigenvalue weighted by atomic mass is 16.5. The molecule has 1 saturated heterocycles. The van der Waals surface area contributed by atoms with Gasteiger partial charge >= 0.3 is 0 Å². The molecular weight excluding hydrogens is 340 g/mol. The van der Waals surface area contributed by atoms with Crippen LogP contribution in [0, 0.1) is 5.92 Å². The van der Waals surface area contributed by atoms with E-state index in [0.717, 1.165) is 43.9 Å². The van der Waals surface area contributed by atoms with Crippen LogP contribution >= 0.6 is 0 Å². The van der Waals surface area contributed by atoms with Crippen molar-refractivity contribution < 1.29 is 14.3 Å². The van der Waals surface area contributed by atoms with Crippen molar-refractivity contribution in [1.82, 2.24) is 4.90 Å². The average Bonchev–Trinajstić information content (AvgIpc) is 3.53. The molecular formula is C22H34N2O3. The molecule has 150 valence electrons. The molecule has 27 heavy (non-hydrogen) atoms. The lowest BCUT2D eigenvalue weighted by Crippen LogP contribution is -2.44. The molecule has 0 unspecified atom stereocenters. The highest BCUT2D eigenvalue weighted by molar-refractivity contribution is 5.97. The zero-order chi connectivity index (χ0) is 19.3. The van der Waals surface area contributed by atoms with Gasteiger partial charge in [0.1, 0.15) is 11.4 Å². The highest BCUT2D eigenvalue weighted by Crippen LogP contribution is 2.42. The lowest BCUT2D eigenvalue weighted by molar-refractivity contribution is -0.138. The number of benzene rings is 1. The van der Waals surface area contributed by atoms with Gasteiger partial charge in [-0.05, 0) is 82.7 Å². The second-order valence-corrected chi connectivity index (χ2v) is 8.15. The van der Waals surface area contributed by atoms with Gasteiger partial charge in [0.05, 0.1) is 6.61 Å². The summed E-state index contributed by atoms with van der Waals surface area (Å²) in [4.78, 5) is 15.1. The topological polar surface area (TPSA) is 50.8 Å². The third-order valence-electron chi connectivity index (χ3n) is 6.14. The van der Waals surface area contributed by atoms with Crippen molar-refractivity contribution in [2.75, 3.05) is 32.1 Å². The zero-order valence-electron chi connectivity index (χ0n) is 17.0. The molecule has 1 aromatic rings. The Morgan fingerprint density at radius 3 is 2.59 bits per heavy atom. The summed E-state index contributed by atoms with van der Waals surface area (Å²) >= 11 is 0. The van der Waals surface area contributed by atoms with Gasteiger partial charge in [-0.1, -0.05) is 6.42 Å². The number of piperidine rings is 1. The van der Waals surface area contributed by atoms with Crippen LogP contribution in [-0.4, -0.2) is 49.3 Å². The standard InChI is InChI=1S/C22H34N2O3/c1-17-7-4-5-14-24(17)15-6-16-27-20-12-10-19(11-13-20)23-21(25)22(2,26-3)18-8-9-18/h10-13,17-18H,4-9,14-16H2,1-3H3,(H,23,25)/t17-,22-/m0/s1. The van der Waals surface area contributed by atoms with E-state index in [1.807, 2.05) is 31.2 Å². The number of nitrogens with one attached hydrogen (secondary N) is 1. The van der Waals surface area contributed by atoms with E-state index < -0.39 is 5.60 Å². The fraction of sp³-hybridized carbons (Fsp3) is 0.682. The summed E-state index contributed by atoms with van der Waals surface area (Å²) < 4.78 is 11.4. The summed E-state index contributed by atoms with van der Waals surface area (Å²) in [5.41, 5.74) is 0.0410. The van der Waals surface area contributed by atoms with Gasteiger partial charge in [0, 0.05) is 25.4 Å². The van der Waals surface area contributed by atoms with Gasteiger partial charge in [-0.15, -0.1) is 0 Å². The van der Waals surface area contributed by atoms with E-state index in [0.29, 0.717) is 12.0 Å². The Balaban J connectivity index is 1.41. The Kier molecular flexibility index (Phi) is 6.77. The Labute approximate surface area is 163 Å². The molecule has 2 atom stereocenters. The first-order valence-electron chi connectivity index (χ1n) is 10.4. The lowest BCUT2D eigenvalue weighted by atomic mass is 9.99. The molecule has 1 aromatic carbocycles. The third kappa shape index (κ3) is 5.23. The smallest absolute Gasteiger partial charge is 0.256 e. The van der Waals surface area contributed by atoms with E-state index in [1.54, 1.807) is 7.11 Å². The molecule has 0 radical (unpaired) electrons. The van der Waals surface area contributed by atoms with Gasteiger partial charge in [-0.3, -0.25) is 4.79 Å². The molecule has 0 bridgehead atoms. The molecule has 2 fully saturated rings. The number of rotatable bonds is 9. The number of anilines is 1. The van der Waals surface area contributed by atoms with Crippen molar-refractivity contribution in [3.05, 3.63) is 24.3 Å². The van der Waals surface area contributed by atoms with Crippen LogP contribution in [0.4, 0.5) is 5.69 Å². The van der Waals surface area contributed by atoms with Crippen LogP contribution in [0.15, 0.2) is 24.3 Å². The molecule has 1 saturated carbocycles. The van der Waals surface area contributed by atoms with E-state index in [1.165, 1.54) is 25.8 Å². The number of ether oxygens (including phenoxy) is 2. The van der Waals surface area contributed by atoms with Crippen LogP contribution < -0.4 is 10.1 Å². The Bertz CT molecular complexity index is 614. The summed E-state index contributed by atoms with van der Waals surface area (Å²) in [6.45, 7) is 7.24. The number of amides is 1. The molecule has 0 spiro atoms. The monoisotopic (exact) mass is 374 g/mol. The van der Waals surface area contributed by atoms with Gasteiger partial charge in [0.2, 0.25) is 0 Å². The minimum Gasteiger partial charge on any atom is -0.494 e. The highest BCUT2D eigenvalue weighted by Gasteiger charge is 2.47. The molecule has 5 nitrogen and oxygen atoms in total. The van der Waals surface area contributed by atoms with Gasteiger partial charge in [0.15, 0.2) is 0 Å². The Hall–Kier alpha value is -1.59. The van der Waals surface area contributed by atoms with E-state index in [2.05, 4.69) is 17.1 Å². The number of methoxy groups -OCH3 is 1. The average molecular weight is 375 g/mol. The quantitative estimate of drug-likeness (QED) is 0.662. The van der Waals surface area contributed by atoms with E-state index in [4.69, 9.17) is 9.47 Å². The maximum Gasteiger partial charge on any atom is 0.256 e. The summed E-state index contributed by atoms with van der Waals surface area (Å²) in [6, 6.07) is 8.32. The number of likely N-dealkylation sites (tertiary alicyclic amines) is 1. The van der Waals surface area contributed by atoms with Crippen molar-refractivity contribution in [2.45, 2.75) is 64.0 Å². The third-order valence-corrected chi connectivity index (χ3v) is 6.14. The molecule has 1 aliphatic carbocycles. The van der Waals surface area contributed by atoms with Crippen LogP contribution in [0.5, 0.6) is 5.75 Å². The lowest BCUT2D eigenvalue weighted by Gasteiger charge is -2.33. The van der Waals surface area contributed by atoms with Gasteiger partial charge < -0.3 is 19.7 Å². The van der Waals surface area contributed by atoms with E-state index in [9.17, 15) is 4.79 Å². The second kappa shape index (κ2) is 9.07. The molecule has 1 amide bonds. The van der Waals surface area contributed by atoms with Crippen LogP contribution in [0.2, 0.25) is 0 Å². The number of nitrogens with zero attached hydrogens (tertiary/aromatic N) is 1. The second-order valence-electron chi connectivity index (χ2n) is 8.15. The van der Waals surface area contributed by atoms with Gasteiger partial charge in [-0.25, -0.2) is 0 Å². The first-order valence-corrected chi connectivity index (χ1v) is 10.4. The minimum atomic E-state index is -0.735. The molecule has 5 heteroatoms. The summed E-state index contributed by atoms with van der Waals surface area (Å²) in [6.07, 6.45) is 7.15. The molecule has 1 heterocycles. The number of carbonyl (C=O) groups excluding carboxylic acids is 1. The van der Waals surface area contributed by atoms with Crippen molar-refractivity contribution in [3.8, 4) is 5.75 Å². The first-order chi connectivity index (χ1) is 13.0. The molecule has 1 aliphatic heterocycles. The van der Waals surface area contributed by atoms with E-state index >= 15 is 0 Å². The van der Waals surface area contributed by atoms with Crippen LogP contribution in [0.1, 0.15) is 52.4 Å². The van der Waals surface area contributed by atoms with Crippen molar-refractivity contribution >= 4 is 11.6 Å². The number of carbonyl (C=O) groups is 1. The largest absolute Gasteiger partial charge is 0.494 e. The van der Waals surface area contributed by atoms with Crippen molar-refractivity contribution in [1.29, 1.82) is 0 Å². The number of hydrogen-bond donors (Lipinski definition) is 1. The maximum absolute atomic E-state index is 12.5. The molecule has 1 N–H and O–H groups in total. The fourth-order valence-corrected chi connectivity index (χ4v) is 3.92. The summed E-state index contributed by atoms with van der Waals surface area (Å²) in [5.74, 6) is 1.10. The van der Waals surface area contributed by atoms with Gasteiger partial charge in [0.25, 0.3) is 5.91 Å².